The van der Waals surface area contributed by atoms with Gasteiger partial charge in [-0.15, -0.1) is 4.89 Å². The lowest BCUT2D eigenvalue weighted by atomic mass is 9.98. The number of rotatable bonds is 3. The molecule has 0 aliphatic carbocycles. The summed E-state index contributed by atoms with van der Waals surface area (Å²) in [6, 6.07) is 0. The van der Waals surface area contributed by atoms with E-state index < -0.39 is 26.4 Å². The molecule has 5 nitrogen and oxygen atoms in total. The zero-order chi connectivity index (χ0) is 9.78. The number of carbonyl (C=O) groups is 1. The van der Waals surface area contributed by atoms with Crippen LogP contribution in [0.5, 0.6) is 0 Å². The quantitative estimate of drug-likeness (QED) is 0.416. The molecule has 0 aliphatic heterocycles. The van der Waals surface area contributed by atoms with Crippen LogP contribution in [0.15, 0.2) is 0 Å². The summed E-state index contributed by atoms with van der Waals surface area (Å²) in [6.07, 6.45) is 0. The average Bonchev–Trinajstić information content (AvgIpc) is 1.84. The third-order valence-corrected chi connectivity index (χ3v) is 1.29. The van der Waals surface area contributed by atoms with Gasteiger partial charge in [0.15, 0.2) is 0 Å². The van der Waals surface area contributed by atoms with Crippen LogP contribution in [0.3, 0.4) is 0 Å². The van der Waals surface area contributed by atoms with Gasteiger partial charge in [-0.2, -0.15) is 0 Å². The topological polar surface area (TPSA) is 72.8 Å². The van der Waals surface area contributed by atoms with Crippen molar-refractivity contribution in [1.82, 2.24) is 0 Å². The van der Waals surface area contributed by atoms with E-state index in [1.54, 1.807) is 20.8 Å². The van der Waals surface area contributed by atoms with Crippen LogP contribution < -0.4 is 0 Å². The second kappa shape index (κ2) is 4.50. The van der Waals surface area contributed by atoms with Crippen LogP contribution in [-0.2, 0) is 18.6 Å². The number of hydrogen-bond donors (Lipinski definition) is 1. The minimum absolute atomic E-state index is 0.473. The fourth-order valence-electron chi connectivity index (χ4n) is 0.341. The van der Waals surface area contributed by atoms with Crippen molar-refractivity contribution in [2.75, 3.05) is 6.79 Å². The molecule has 0 amide bonds. The van der Waals surface area contributed by atoms with Gasteiger partial charge in [-0.05, 0) is 20.8 Å². The Balaban J connectivity index is 3.66. The number of ether oxygens (including phenoxy) is 1. The van der Waals surface area contributed by atoms with Gasteiger partial charge in [-0.25, -0.2) is 0 Å². The normalized spacial score (nSPS) is 12.5. The Bertz CT molecular complexity index is 183. The van der Waals surface area contributed by atoms with E-state index in [0.29, 0.717) is 0 Å². The standard InChI is InChI=1S/C6H11O5P/c1-6(2,3)5(7)10-4-11-12(8)9/h4H2,1-3H3/p+1. The van der Waals surface area contributed by atoms with E-state index in [9.17, 15) is 9.36 Å². The maximum atomic E-state index is 11.0. The Hall–Kier alpha value is -0.510. The maximum Gasteiger partial charge on any atom is 0.698 e. The van der Waals surface area contributed by atoms with Gasteiger partial charge in [0.1, 0.15) is 0 Å². The van der Waals surface area contributed by atoms with Crippen molar-refractivity contribution in [3.8, 4) is 0 Å². The smallest absolute Gasteiger partial charge is 0.433 e. The first-order chi connectivity index (χ1) is 5.34. The zero-order valence-electron chi connectivity index (χ0n) is 7.23. The Labute approximate surface area is 71.6 Å². The lowest BCUT2D eigenvalue weighted by Crippen LogP contribution is -2.23. The first-order valence-corrected chi connectivity index (χ1v) is 4.43. The molecule has 0 aromatic carbocycles. The van der Waals surface area contributed by atoms with Crippen molar-refractivity contribution in [3.63, 3.8) is 0 Å². The molecule has 0 saturated carbocycles. The minimum Gasteiger partial charge on any atom is -0.433 e. The Morgan fingerprint density at radius 2 is 2.00 bits per heavy atom. The number of carbonyl (C=O) groups excluding carboxylic acids is 1. The minimum atomic E-state index is -2.69. The highest BCUT2D eigenvalue weighted by atomic mass is 31.1. The highest BCUT2D eigenvalue weighted by molar-refractivity contribution is 7.32. The predicted molar refractivity (Wildman–Crippen MR) is 41.3 cm³/mol. The first-order valence-electron chi connectivity index (χ1n) is 3.30. The molecule has 12 heavy (non-hydrogen) atoms. The lowest BCUT2D eigenvalue weighted by Gasteiger charge is -2.14. The van der Waals surface area contributed by atoms with Crippen molar-refractivity contribution in [1.29, 1.82) is 0 Å². The van der Waals surface area contributed by atoms with Crippen LogP contribution in [0.1, 0.15) is 20.8 Å². The van der Waals surface area contributed by atoms with Gasteiger partial charge in [0, 0.05) is 4.57 Å². The Morgan fingerprint density at radius 1 is 1.50 bits per heavy atom. The molecule has 0 spiro atoms. The Morgan fingerprint density at radius 3 is 2.33 bits per heavy atom. The summed E-state index contributed by atoms with van der Waals surface area (Å²) in [6.45, 7) is 4.54. The van der Waals surface area contributed by atoms with Gasteiger partial charge in [0.25, 0.3) is 0 Å². The van der Waals surface area contributed by atoms with Crippen LogP contribution in [0.4, 0.5) is 0 Å². The summed E-state index contributed by atoms with van der Waals surface area (Å²) < 4.78 is 18.6. The summed E-state index contributed by atoms with van der Waals surface area (Å²) in [5.41, 5.74) is -0.621. The third kappa shape index (κ3) is 5.18. The molecule has 0 fully saturated rings. The number of esters is 1. The van der Waals surface area contributed by atoms with Crippen molar-refractivity contribution < 1.29 is 23.5 Å². The molecule has 0 radical (unpaired) electrons. The second-order valence-electron chi connectivity index (χ2n) is 3.17. The molecule has 0 rings (SSSR count). The second-order valence-corrected chi connectivity index (χ2v) is 3.90. The van der Waals surface area contributed by atoms with Gasteiger partial charge in [0.05, 0.1) is 5.41 Å². The summed E-state index contributed by atoms with van der Waals surface area (Å²) in [5, 5.41) is 0. The van der Waals surface area contributed by atoms with Crippen LogP contribution in [0.25, 0.3) is 0 Å². The van der Waals surface area contributed by atoms with Gasteiger partial charge in [-0.3, -0.25) is 4.79 Å². The maximum absolute atomic E-state index is 11.0. The van der Waals surface area contributed by atoms with Crippen LogP contribution in [-0.4, -0.2) is 17.7 Å². The highest BCUT2D eigenvalue weighted by Gasteiger charge is 2.24. The molecular formula is C6H12O5P+. The van der Waals surface area contributed by atoms with E-state index in [0.717, 1.165) is 0 Å². The van der Waals surface area contributed by atoms with Crippen molar-refractivity contribution >= 4 is 14.2 Å². The largest absolute Gasteiger partial charge is 0.698 e. The fraction of sp³-hybridized carbons (Fsp3) is 0.833. The van der Waals surface area contributed by atoms with Gasteiger partial charge >= 0.3 is 14.2 Å². The van der Waals surface area contributed by atoms with E-state index in [1.165, 1.54) is 0 Å². The predicted octanol–water partition coefficient (Wildman–Crippen LogP) is 1.20. The molecule has 1 unspecified atom stereocenters. The van der Waals surface area contributed by atoms with Crippen molar-refractivity contribution in [2.24, 2.45) is 5.41 Å². The Kier molecular flexibility index (Phi) is 4.31. The van der Waals surface area contributed by atoms with Crippen molar-refractivity contribution in [2.45, 2.75) is 20.8 Å². The van der Waals surface area contributed by atoms with Crippen LogP contribution in [0, 0.1) is 5.41 Å². The third-order valence-electron chi connectivity index (χ3n) is 0.966. The van der Waals surface area contributed by atoms with Gasteiger partial charge < -0.3 is 4.74 Å². The van der Waals surface area contributed by atoms with E-state index in [4.69, 9.17) is 4.89 Å². The first kappa shape index (κ1) is 11.5. The molecule has 0 heterocycles. The molecule has 0 saturated heterocycles. The highest BCUT2D eigenvalue weighted by Crippen LogP contribution is 2.17. The van der Waals surface area contributed by atoms with Crippen LogP contribution in [0.2, 0.25) is 0 Å². The molecule has 6 heteroatoms. The summed E-state index contributed by atoms with van der Waals surface area (Å²) in [5.74, 6) is -0.473. The van der Waals surface area contributed by atoms with E-state index in [2.05, 4.69) is 9.26 Å². The van der Waals surface area contributed by atoms with Crippen molar-refractivity contribution in [3.05, 3.63) is 0 Å². The molecule has 1 atom stereocenters. The van der Waals surface area contributed by atoms with E-state index in [-0.39, 0.29) is 0 Å². The van der Waals surface area contributed by atoms with Crippen LogP contribution >= 0.6 is 8.25 Å². The summed E-state index contributed by atoms with van der Waals surface area (Å²) in [4.78, 5) is 19.1. The molecule has 0 bridgehead atoms. The molecular weight excluding hydrogens is 183 g/mol. The SMILES string of the molecule is CC(C)(C)C(=O)OCO[P+](=O)O. The van der Waals surface area contributed by atoms with Gasteiger partial charge in [0.2, 0.25) is 6.79 Å². The zero-order valence-corrected chi connectivity index (χ0v) is 8.13. The molecule has 70 valence electrons. The average molecular weight is 195 g/mol. The fourth-order valence-corrected chi connectivity index (χ4v) is 0.484. The molecule has 1 N–H and O–H groups in total. The molecule has 0 aromatic heterocycles. The molecule has 0 aliphatic rings. The monoisotopic (exact) mass is 195 g/mol. The summed E-state index contributed by atoms with van der Waals surface area (Å²) in [7, 11) is -2.69. The lowest BCUT2D eigenvalue weighted by molar-refractivity contribution is -0.159. The molecule has 0 aromatic rings. The number of hydrogen-bond acceptors (Lipinski definition) is 4. The van der Waals surface area contributed by atoms with E-state index in [1.807, 2.05) is 0 Å². The van der Waals surface area contributed by atoms with Gasteiger partial charge in [-0.1, -0.05) is 4.52 Å². The summed E-state index contributed by atoms with van der Waals surface area (Å²) >= 11 is 0. The van der Waals surface area contributed by atoms with E-state index >= 15 is 0 Å².